The van der Waals surface area contributed by atoms with Crippen molar-refractivity contribution in [3.63, 3.8) is 0 Å². The minimum Gasteiger partial charge on any atom is -0.122 e. The summed E-state index contributed by atoms with van der Waals surface area (Å²) in [6, 6.07) is 20.0. The Kier molecular flexibility index (Phi) is 10.5. The van der Waals surface area contributed by atoms with E-state index >= 15 is 0 Å². The summed E-state index contributed by atoms with van der Waals surface area (Å²) in [5.74, 6) is 0.612. The van der Waals surface area contributed by atoms with Gasteiger partial charge in [-0.15, -0.1) is 24.8 Å². The maximum Gasteiger partial charge on any atom is 0.0474 e. The van der Waals surface area contributed by atoms with Gasteiger partial charge in [0.15, 0.2) is 0 Å². The third-order valence-electron chi connectivity index (χ3n) is 2.03. The summed E-state index contributed by atoms with van der Waals surface area (Å²) in [6.07, 6.45) is 1.83. The fourth-order valence-electron chi connectivity index (χ4n) is 1.16. The molecule has 0 heterocycles. The summed E-state index contributed by atoms with van der Waals surface area (Å²) in [5.41, 5.74) is 2.35. The van der Waals surface area contributed by atoms with Crippen molar-refractivity contribution < 1.29 is 0 Å². The van der Waals surface area contributed by atoms with Crippen molar-refractivity contribution in [2.24, 2.45) is 0 Å². The second kappa shape index (κ2) is 11.7. The summed E-state index contributed by atoms with van der Waals surface area (Å²) in [4.78, 5) is 0. The molecule has 0 aliphatic carbocycles. The molecule has 0 aliphatic heterocycles. The van der Waals surface area contributed by atoms with Crippen molar-refractivity contribution in [3.8, 4) is 0 Å². The molecule has 0 radical (unpaired) electrons. The van der Waals surface area contributed by atoms with Gasteiger partial charge in [-0.3, -0.25) is 0 Å². The maximum absolute atomic E-state index is 5.53. The smallest absolute Gasteiger partial charge is 0.0474 e. The van der Waals surface area contributed by atoms with Gasteiger partial charge in [0.2, 0.25) is 0 Å². The average Bonchev–Trinajstić information content (AvgIpc) is 2.51. The minimum absolute atomic E-state index is 0.612. The molecular weight excluding hydrogens is 240 g/mol. The molecule has 0 aromatic heterocycles. The van der Waals surface area contributed by atoms with Gasteiger partial charge in [0.1, 0.15) is 0 Å². The van der Waals surface area contributed by atoms with Crippen molar-refractivity contribution >= 4 is 17.7 Å². The van der Waals surface area contributed by atoms with E-state index in [0.717, 1.165) is 0 Å². The Bertz CT molecular complexity index is 406. The van der Waals surface area contributed by atoms with Gasteiger partial charge in [0.05, 0.1) is 0 Å². The largest absolute Gasteiger partial charge is 0.122 e. The number of alkyl halides is 1. The molecule has 2 rings (SSSR count). The van der Waals surface area contributed by atoms with Gasteiger partial charge in [0, 0.05) is 5.88 Å². The molecule has 0 saturated heterocycles. The van der Waals surface area contributed by atoms with E-state index in [0.29, 0.717) is 5.88 Å². The summed E-state index contributed by atoms with van der Waals surface area (Å²) < 4.78 is 0. The van der Waals surface area contributed by atoms with Gasteiger partial charge in [-0.2, -0.15) is 0 Å². The molecule has 94 valence electrons. The molecule has 1 heteroatoms. The Hall–Kier alpha value is -1.79. The van der Waals surface area contributed by atoms with Gasteiger partial charge in [-0.25, -0.2) is 0 Å². The summed E-state index contributed by atoms with van der Waals surface area (Å²) >= 11 is 5.53. The predicted molar refractivity (Wildman–Crippen MR) is 83.8 cm³/mol. The highest BCUT2D eigenvalue weighted by Gasteiger charge is 1.81. The zero-order valence-electron chi connectivity index (χ0n) is 10.6. The van der Waals surface area contributed by atoms with E-state index in [-0.39, 0.29) is 0 Å². The van der Waals surface area contributed by atoms with Crippen LogP contribution in [0.15, 0.2) is 80.4 Å². The normalized spacial score (nSPS) is 8.06. The molecule has 0 fully saturated rings. The van der Waals surface area contributed by atoms with Gasteiger partial charge < -0.3 is 0 Å². The first-order valence-electron chi connectivity index (χ1n) is 5.64. The lowest BCUT2D eigenvalue weighted by Crippen LogP contribution is -1.71. The van der Waals surface area contributed by atoms with Gasteiger partial charge in [-0.05, 0) is 11.1 Å². The molecule has 0 atom stereocenters. The fourth-order valence-corrected chi connectivity index (χ4v) is 1.33. The number of halogens is 1. The van der Waals surface area contributed by atoms with Crippen molar-refractivity contribution in [2.45, 2.75) is 5.88 Å². The van der Waals surface area contributed by atoms with Crippen molar-refractivity contribution in [1.29, 1.82) is 0 Å². The lowest BCUT2D eigenvalue weighted by Gasteiger charge is -1.88. The van der Waals surface area contributed by atoms with Crippen LogP contribution >= 0.6 is 11.6 Å². The lowest BCUT2D eigenvalue weighted by atomic mass is 10.2. The lowest BCUT2D eigenvalue weighted by molar-refractivity contribution is 1.41. The summed E-state index contributed by atoms with van der Waals surface area (Å²) in [5, 5.41) is 0. The van der Waals surface area contributed by atoms with Crippen LogP contribution in [0, 0.1) is 0 Å². The first-order chi connectivity index (χ1) is 8.86. The van der Waals surface area contributed by atoms with E-state index in [1.54, 1.807) is 0 Å². The Morgan fingerprint density at radius 3 is 1.56 bits per heavy atom. The quantitative estimate of drug-likeness (QED) is 0.489. The Labute approximate surface area is 115 Å². The van der Waals surface area contributed by atoms with Crippen LogP contribution in [-0.4, -0.2) is 0 Å². The van der Waals surface area contributed by atoms with Crippen LogP contribution in [0.2, 0.25) is 0 Å². The highest BCUT2D eigenvalue weighted by molar-refractivity contribution is 6.17. The van der Waals surface area contributed by atoms with Gasteiger partial charge in [0.25, 0.3) is 0 Å². The van der Waals surface area contributed by atoms with Crippen LogP contribution in [0.5, 0.6) is 0 Å². The second-order valence-corrected chi connectivity index (χ2v) is 3.50. The summed E-state index contributed by atoms with van der Waals surface area (Å²) in [6.45, 7) is 9.63. The SMILES string of the molecule is C=C.C=Cc1ccccc1.ClCc1ccccc1. The van der Waals surface area contributed by atoms with E-state index in [4.69, 9.17) is 11.6 Å². The van der Waals surface area contributed by atoms with Crippen LogP contribution in [-0.2, 0) is 5.88 Å². The topological polar surface area (TPSA) is 0 Å². The number of benzene rings is 2. The van der Waals surface area contributed by atoms with Crippen LogP contribution in [0.4, 0.5) is 0 Å². The van der Waals surface area contributed by atoms with E-state index < -0.39 is 0 Å². The van der Waals surface area contributed by atoms with Crippen molar-refractivity contribution in [2.75, 3.05) is 0 Å². The van der Waals surface area contributed by atoms with E-state index in [2.05, 4.69) is 19.7 Å². The Balaban J connectivity index is 0.000000283. The van der Waals surface area contributed by atoms with Crippen LogP contribution in [0.1, 0.15) is 11.1 Å². The van der Waals surface area contributed by atoms with Gasteiger partial charge in [-0.1, -0.05) is 73.3 Å². The molecule has 0 aliphatic rings. The molecule has 0 nitrogen and oxygen atoms in total. The van der Waals surface area contributed by atoms with E-state index in [1.165, 1.54) is 11.1 Å². The first kappa shape index (κ1) is 16.2. The molecule has 0 spiro atoms. The zero-order chi connectivity index (χ0) is 13.6. The average molecular weight is 259 g/mol. The predicted octanol–water partition coefficient (Wildman–Crippen LogP) is 5.56. The monoisotopic (exact) mass is 258 g/mol. The summed E-state index contributed by atoms with van der Waals surface area (Å²) in [7, 11) is 0. The Morgan fingerprint density at radius 1 is 0.833 bits per heavy atom. The van der Waals surface area contributed by atoms with Crippen molar-refractivity contribution in [1.82, 2.24) is 0 Å². The fraction of sp³-hybridized carbons (Fsp3) is 0.0588. The van der Waals surface area contributed by atoms with Gasteiger partial charge >= 0.3 is 0 Å². The zero-order valence-corrected chi connectivity index (χ0v) is 11.3. The number of hydrogen-bond acceptors (Lipinski definition) is 0. The number of hydrogen-bond donors (Lipinski definition) is 0. The third kappa shape index (κ3) is 7.48. The highest BCUT2D eigenvalue weighted by Crippen LogP contribution is 2.00. The van der Waals surface area contributed by atoms with Crippen LogP contribution < -0.4 is 0 Å². The number of rotatable bonds is 2. The van der Waals surface area contributed by atoms with E-state index in [9.17, 15) is 0 Å². The van der Waals surface area contributed by atoms with Crippen LogP contribution in [0.25, 0.3) is 6.08 Å². The standard InChI is InChI=1S/C8H8.C7H7Cl.C2H4/c1-2-8-6-4-3-5-7-8;8-6-7-4-2-1-3-5-7;1-2/h2-7H,1H2;1-5H,6H2;1-2H2. The second-order valence-electron chi connectivity index (χ2n) is 3.23. The molecule has 0 amide bonds. The third-order valence-corrected chi connectivity index (χ3v) is 2.34. The minimum atomic E-state index is 0.612. The molecule has 2 aromatic carbocycles. The molecule has 18 heavy (non-hydrogen) atoms. The molecule has 0 N–H and O–H groups in total. The maximum atomic E-state index is 5.53. The van der Waals surface area contributed by atoms with Crippen molar-refractivity contribution in [3.05, 3.63) is 91.5 Å². The molecule has 2 aromatic rings. The molecule has 0 bridgehead atoms. The molecule has 0 saturated carbocycles. The molecule has 0 unspecified atom stereocenters. The molecular formula is C17H19Cl. The van der Waals surface area contributed by atoms with E-state index in [1.807, 2.05) is 66.7 Å². The van der Waals surface area contributed by atoms with Crippen LogP contribution in [0.3, 0.4) is 0 Å². The highest BCUT2D eigenvalue weighted by atomic mass is 35.5. The Morgan fingerprint density at radius 2 is 1.28 bits per heavy atom. The first-order valence-corrected chi connectivity index (χ1v) is 6.17.